The first kappa shape index (κ1) is 22.2. The van der Waals surface area contributed by atoms with Crippen molar-refractivity contribution in [1.29, 1.82) is 0 Å². The largest absolute Gasteiger partial charge is 0.497 e. The third-order valence-electron chi connectivity index (χ3n) is 5.95. The van der Waals surface area contributed by atoms with E-state index in [2.05, 4.69) is 10.3 Å². The average molecular weight is 454 g/mol. The molecule has 0 radical (unpaired) electrons. The molecule has 3 aromatic rings. The van der Waals surface area contributed by atoms with Crippen LogP contribution >= 0.6 is 11.3 Å². The number of carbonyl (C=O) groups is 2. The van der Waals surface area contributed by atoms with Gasteiger partial charge in [-0.25, -0.2) is 4.98 Å². The van der Waals surface area contributed by atoms with E-state index in [9.17, 15) is 9.59 Å². The summed E-state index contributed by atoms with van der Waals surface area (Å²) < 4.78 is 11.7. The molecule has 1 saturated heterocycles. The molecule has 2 atom stereocenters. The van der Waals surface area contributed by atoms with Crippen LogP contribution in [0.5, 0.6) is 11.5 Å². The third kappa shape index (κ3) is 4.47. The molecule has 1 aliphatic heterocycles. The van der Waals surface area contributed by atoms with Crippen molar-refractivity contribution in [2.75, 3.05) is 27.8 Å². The monoisotopic (exact) mass is 453 g/mol. The zero-order valence-electron chi connectivity index (χ0n) is 18.5. The molecule has 1 fully saturated rings. The van der Waals surface area contributed by atoms with E-state index in [1.807, 2.05) is 47.4 Å². The highest BCUT2D eigenvalue weighted by Gasteiger charge is 2.35. The molecule has 2 aromatic carbocycles. The van der Waals surface area contributed by atoms with Gasteiger partial charge in [-0.2, -0.15) is 0 Å². The van der Waals surface area contributed by atoms with Gasteiger partial charge in [0.15, 0.2) is 5.01 Å². The van der Waals surface area contributed by atoms with Gasteiger partial charge < -0.3 is 19.7 Å². The van der Waals surface area contributed by atoms with E-state index < -0.39 is 6.04 Å². The second-order valence-electron chi connectivity index (χ2n) is 7.85. The van der Waals surface area contributed by atoms with E-state index in [-0.39, 0.29) is 17.6 Å². The summed E-state index contributed by atoms with van der Waals surface area (Å²) in [5, 5.41) is 3.58. The van der Waals surface area contributed by atoms with Gasteiger partial charge in [-0.15, -0.1) is 11.3 Å². The summed E-state index contributed by atoms with van der Waals surface area (Å²) >= 11 is 1.40. The Balaban J connectivity index is 1.43. The molecule has 1 aromatic heterocycles. The number of ether oxygens (including phenoxy) is 2. The van der Waals surface area contributed by atoms with Crippen molar-refractivity contribution in [3.63, 3.8) is 0 Å². The van der Waals surface area contributed by atoms with Crippen LogP contribution in [0.1, 0.15) is 28.2 Å². The van der Waals surface area contributed by atoms with Gasteiger partial charge in [0.1, 0.15) is 11.5 Å². The number of methoxy groups -OCH3 is 2. The molecule has 8 heteroatoms. The molecule has 7 nitrogen and oxygen atoms in total. The van der Waals surface area contributed by atoms with Crippen LogP contribution in [-0.2, 0) is 11.3 Å². The average Bonchev–Trinajstić information content (AvgIpc) is 3.41. The molecule has 4 rings (SSSR count). The predicted octanol–water partition coefficient (Wildman–Crippen LogP) is 3.52. The van der Waals surface area contributed by atoms with Crippen LogP contribution in [0.2, 0.25) is 0 Å². The maximum atomic E-state index is 13.1. The summed E-state index contributed by atoms with van der Waals surface area (Å²) in [6, 6.07) is 12.9. The van der Waals surface area contributed by atoms with Gasteiger partial charge in [-0.1, -0.05) is 12.1 Å². The lowest BCUT2D eigenvalue weighted by atomic mass is 9.96. The summed E-state index contributed by atoms with van der Waals surface area (Å²) in [6.45, 7) is 1.13. The van der Waals surface area contributed by atoms with Gasteiger partial charge in [0, 0.05) is 30.6 Å². The third-order valence-corrected chi connectivity index (χ3v) is 7.00. The van der Waals surface area contributed by atoms with Crippen LogP contribution in [0.15, 0.2) is 42.5 Å². The van der Waals surface area contributed by atoms with Crippen molar-refractivity contribution in [2.45, 2.75) is 25.4 Å². The molecule has 0 saturated carbocycles. The number of amides is 1. The number of ketones is 1. The minimum Gasteiger partial charge on any atom is -0.497 e. The van der Waals surface area contributed by atoms with Gasteiger partial charge in [0.2, 0.25) is 11.7 Å². The summed E-state index contributed by atoms with van der Waals surface area (Å²) in [6.07, 6.45) is 1.18. The number of hydrogen-bond acceptors (Lipinski definition) is 7. The number of benzene rings is 2. The fourth-order valence-electron chi connectivity index (χ4n) is 4.13. The summed E-state index contributed by atoms with van der Waals surface area (Å²) in [5.74, 6) is 1.22. The number of para-hydroxylation sites is 1. The maximum absolute atomic E-state index is 13.1. The lowest BCUT2D eigenvalue weighted by Gasteiger charge is -2.20. The molecule has 0 spiro atoms. The predicted molar refractivity (Wildman–Crippen MR) is 124 cm³/mol. The van der Waals surface area contributed by atoms with E-state index in [1.54, 1.807) is 21.3 Å². The van der Waals surface area contributed by atoms with Crippen LogP contribution in [0.4, 0.5) is 0 Å². The van der Waals surface area contributed by atoms with Gasteiger partial charge in [0.05, 0.1) is 30.5 Å². The molecule has 2 heterocycles. The zero-order valence-corrected chi connectivity index (χ0v) is 19.3. The summed E-state index contributed by atoms with van der Waals surface area (Å²) in [4.78, 5) is 32.5. The van der Waals surface area contributed by atoms with Crippen LogP contribution in [0.25, 0.3) is 10.2 Å². The molecule has 0 bridgehead atoms. The molecule has 168 valence electrons. The molecule has 32 heavy (non-hydrogen) atoms. The first-order valence-corrected chi connectivity index (χ1v) is 11.4. The molecule has 1 N–H and O–H groups in total. The van der Waals surface area contributed by atoms with Crippen molar-refractivity contribution in [3.05, 3.63) is 53.0 Å². The minimum atomic E-state index is -0.444. The van der Waals surface area contributed by atoms with E-state index in [4.69, 9.17) is 9.47 Å². The van der Waals surface area contributed by atoms with Gasteiger partial charge in [0.25, 0.3) is 0 Å². The number of aromatic nitrogens is 1. The van der Waals surface area contributed by atoms with Crippen molar-refractivity contribution < 1.29 is 19.1 Å². The highest BCUT2D eigenvalue weighted by molar-refractivity contribution is 7.20. The molecular weight excluding hydrogens is 426 g/mol. The number of hydrogen-bond donors (Lipinski definition) is 1. The normalized spacial score (nSPS) is 17.0. The maximum Gasteiger partial charge on any atom is 0.226 e. The number of Topliss-reactive ketones (excluding diaryl/α,β-unsaturated/α-hetero) is 1. The van der Waals surface area contributed by atoms with Gasteiger partial charge in [-0.3, -0.25) is 9.59 Å². The molecule has 0 aliphatic carbocycles. The number of nitrogens with one attached hydrogen (secondary N) is 1. The van der Waals surface area contributed by atoms with Crippen LogP contribution in [0.3, 0.4) is 0 Å². The smallest absolute Gasteiger partial charge is 0.226 e. The van der Waals surface area contributed by atoms with Gasteiger partial charge in [-0.05, 0) is 44.2 Å². The van der Waals surface area contributed by atoms with Crippen LogP contribution in [-0.4, -0.2) is 55.4 Å². The van der Waals surface area contributed by atoms with Crippen LogP contribution < -0.4 is 14.8 Å². The summed E-state index contributed by atoms with van der Waals surface area (Å²) in [5.41, 5.74) is 1.75. The SMILES string of the molecule is CN[C@@H](C[C@@H]1CCN(Cc2ccc(OC)cc2OC)C1=O)C(=O)c1nc2ccccc2s1. The number of likely N-dealkylation sites (tertiary alicyclic amines) is 1. The van der Waals surface area contributed by atoms with E-state index in [0.29, 0.717) is 36.0 Å². The van der Waals surface area contributed by atoms with Crippen molar-refractivity contribution in [2.24, 2.45) is 5.92 Å². The topological polar surface area (TPSA) is 80.8 Å². The minimum absolute atomic E-state index is 0.0585. The number of fused-ring (bicyclic) bond motifs is 1. The first-order chi connectivity index (χ1) is 15.5. The quantitative estimate of drug-likeness (QED) is 0.500. The Morgan fingerprint density at radius 3 is 2.78 bits per heavy atom. The molecular formula is C24H27N3O4S. The zero-order chi connectivity index (χ0) is 22.7. The Bertz CT molecular complexity index is 1100. The van der Waals surface area contributed by atoms with Crippen molar-refractivity contribution >= 4 is 33.2 Å². The second-order valence-corrected chi connectivity index (χ2v) is 8.88. The number of nitrogens with zero attached hydrogens (tertiary/aromatic N) is 2. The Hall–Kier alpha value is -2.97. The fourth-order valence-corrected chi connectivity index (χ4v) is 5.09. The number of thiazole rings is 1. The molecule has 1 amide bonds. The van der Waals surface area contributed by atoms with E-state index in [1.165, 1.54) is 11.3 Å². The number of carbonyl (C=O) groups excluding carboxylic acids is 2. The Kier molecular flexibility index (Phi) is 6.72. The van der Waals surface area contributed by atoms with Crippen LogP contribution in [0, 0.1) is 5.92 Å². The van der Waals surface area contributed by atoms with Crippen molar-refractivity contribution in [1.82, 2.24) is 15.2 Å². The molecule has 1 aliphatic rings. The fraction of sp³-hybridized carbons (Fsp3) is 0.375. The highest BCUT2D eigenvalue weighted by Crippen LogP contribution is 2.30. The molecule has 0 unspecified atom stereocenters. The highest BCUT2D eigenvalue weighted by atomic mass is 32.1. The van der Waals surface area contributed by atoms with E-state index >= 15 is 0 Å². The standard InChI is InChI=1S/C24H27N3O4S/c1-25-19(22(28)23-26-18-6-4-5-7-21(18)32-23)12-15-10-11-27(24(15)29)14-16-8-9-17(30-2)13-20(16)31-3/h4-9,13,15,19,25H,10-12,14H2,1-3H3/t15-,19-/m0/s1. The number of rotatable bonds is 9. The first-order valence-electron chi connectivity index (χ1n) is 10.6. The Morgan fingerprint density at radius 2 is 2.06 bits per heavy atom. The Labute approximate surface area is 191 Å². The lowest BCUT2D eigenvalue weighted by molar-refractivity contribution is -0.131. The lowest BCUT2D eigenvalue weighted by Crippen LogP contribution is -2.38. The summed E-state index contributed by atoms with van der Waals surface area (Å²) in [7, 11) is 4.98. The van der Waals surface area contributed by atoms with Crippen molar-refractivity contribution in [3.8, 4) is 11.5 Å². The second kappa shape index (κ2) is 9.67. The number of likely N-dealkylation sites (N-methyl/N-ethyl adjacent to an activating group) is 1. The van der Waals surface area contributed by atoms with E-state index in [0.717, 1.165) is 22.2 Å². The Morgan fingerprint density at radius 1 is 1.25 bits per heavy atom. The van der Waals surface area contributed by atoms with Gasteiger partial charge >= 0.3 is 0 Å².